The third-order valence-corrected chi connectivity index (χ3v) is 4.55. The first-order valence-corrected chi connectivity index (χ1v) is 9.28. The van der Waals surface area contributed by atoms with Gasteiger partial charge in [-0.25, -0.2) is 0 Å². The van der Waals surface area contributed by atoms with E-state index in [1.54, 1.807) is 6.07 Å². The van der Waals surface area contributed by atoms with Crippen LogP contribution in [0.5, 0.6) is 5.75 Å². The van der Waals surface area contributed by atoms with Crippen LogP contribution in [0.25, 0.3) is 11.1 Å². The zero-order chi connectivity index (χ0) is 19.2. The zero-order valence-corrected chi connectivity index (χ0v) is 16.2. The molecule has 1 N–H and O–H groups in total. The lowest BCUT2D eigenvalue weighted by atomic mass is 10.0. The molecule has 3 aromatic carbocycles. The molecule has 0 aliphatic heterocycles. The number of hydrogen-bond donors (Lipinski definition) is 1. The van der Waals surface area contributed by atoms with Gasteiger partial charge >= 0.3 is 0 Å². The Morgan fingerprint density at radius 2 is 1.67 bits per heavy atom. The van der Waals surface area contributed by atoms with Crippen molar-refractivity contribution in [2.75, 3.05) is 11.9 Å². The quantitative estimate of drug-likeness (QED) is 0.558. The summed E-state index contributed by atoms with van der Waals surface area (Å²) < 4.78 is 5.58. The molecule has 3 aromatic rings. The Hall–Kier alpha value is -2.78. The number of anilines is 1. The third kappa shape index (κ3) is 5.11. The highest BCUT2D eigenvalue weighted by atomic mass is 35.5. The van der Waals surface area contributed by atoms with Gasteiger partial charge in [0.2, 0.25) is 0 Å². The number of halogens is 1. The van der Waals surface area contributed by atoms with Gasteiger partial charge < -0.3 is 10.1 Å². The molecule has 4 heteroatoms. The van der Waals surface area contributed by atoms with Crippen LogP contribution in [0.3, 0.4) is 0 Å². The van der Waals surface area contributed by atoms with Gasteiger partial charge in [-0.05, 0) is 46.9 Å². The van der Waals surface area contributed by atoms with Crippen molar-refractivity contribution in [3.63, 3.8) is 0 Å². The predicted molar refractivity (Wildman–Crippen MR) is 112 cm³/mol. The number of amides is 1. The molecule has 0 spiro atoms. The predicted octanol–water partition coefficient (Wildman–Crippen LogP) is 6.15. The fourth-order valence-corrected chi connectivity index (χ4v) is 2.95. The number of carbonyl (C=O) groups excluding carboxylic acids is 1. The second-order valence-corrected chi connectivity index (χ2v) is 7.03. The van der Waals surface area contributed by atoms with Gasteiger partial charge in [0.05, 0.1) is 5.02 Å². The number of carbonyl (C=O) groups is 1. The number of benzene rings is 3. The van der Waals surface area contributed by atoms with Gasteiger partial charge in [0, 0.05) is 5.69 Å². The van der Waals surface area contributed by atoms with Crippen molar-refractivity contribution < 1.29 is 9.53 Å². The number of ether oxygens (including phenoxy) is 1. The fourth-order valence-electron chi connectivity index (χ4n) is 2.72. The second-order valence-electron chi connectivity index (χ2n) is 6.62. The molecule has 0 aromatic heterocycles. The lowest BCUT2D eigenvalue weighted by Crippen LogP contribution is -2.20. The molecule has 0 unspecified atom stereocenters. The lowest BCUT2D eigenvalue weighted by molar-refractivity contribution is -0.118. The summed E-state index contributed by atoms with van der Waals surface area (Å²) in [7, 11) is 0. The van der Waals surface area contributed by atoms with Crippen molar-refractivity contribution >= 4 is 23.2 Å². The molecule has 138 valence electrons. The summed E-state index contributed by atoms with van der Waals surface area (Å²) in [5.41, 5.74) is 4.06. The minimum atomic E-state index is -0.226. The molecule has 1 amide bonds. The molecular formula is C23H22ClNO2. The summed E-state index contributed by atoms with van der Waals surface area (Å²) in [5, 5.41) is 3.31. The molecule has 0 aliphatic carbocycles. The number of rotatable bonds is 6. The maximum absolute atomic E-state index is 12.1. The van der Waals surface area contributed by atoms with Crippen LogP contribution in [0, 0.1) is 0 Å². The van der Waals surface area contributed by atoms with E-state index in [9.17, 15) is 4.79 Å². The van der Waals surface area contributed by atoms with Crippen LogP contribution in [0.15, 0.2) is 72.8 Å². The number of hydrogen-bond acceptors (Lipinski definition) is 2. The van der Waals surface area contributed by atoms with Crippen LogP contribution in [0.2, 0.25) is 5.02 Å². The molecule has 0 atom stereocenters. The van der Waals surface area contributed by atoms with E-state index >= 15 is 0 Å². The average Bonchev–Trinajstić information content (AvgIpc) is 2.68. The first-order valence-electron chi connectivity index (χ1n) is 8.90. The maximum Gasteiger partial charge on any atom is 0.262 e. The maximum atomic E-state index is 12.1. The Kier molecular flexibility index (Phi) is 6.15. The third-order valence-electron chi connectivity index (χ3n) is 4.26. The fraction of sp³-hybridized carbons (Fsp3) is 0.174. The number of nitrogens with one attached hydrogen (secondary N) is 1. The van der Waals surface area contributed by atoms with Gasteiger partial charge in [-0.15, -0.1) is 0 Å². The van der Waals surface area contributed by atoms with Crippen molar-refractivity contribution in [1.29, 1.82) is 0 Å². The first kappa shape index (κ1) is 19.0. The van der Waals surface area contributed by atoms with Crippen molar-refractivity contribution in [2.45, 2.75) is 19.8 Å². The molecule has 3 rings (SSSR count). The smallest absolute Gasteiger partial charge is 0.262 e. The Morgan fingerprint density at radius 1 is 0.963 bits per heavy atom. The largest absolute Gasteiger partial charge is 0.482 e. The van der Waals surface area contributed by atoms with Gasteiger partial charge in [0.25, 0.3) is 5.91 Å². The Labute approximate surface area is 164 Å². The molecule has 0 radical (unpaired) electrons. The molecule has 3 nitrogen and oxygen atoms in total. The molecule has 0 heterocycles. The lowest BCUT2D eigenvalue weighted by Gasteiger charge is -2.11. The summed E-state index contributed by atoms with van der Waals surface area (Å²) >= 11 is 6.31. The van der Waals surface area contributed by atoms with Crippen molar-refractivity contribution in [3.05, 3.63) is 83.4 Å². The molecule has 0 fully saturated rings. The summed E-state index contributed by atoms with van der Waals surface area (Å²) in [6.07, 6.45) is 0. The topological polar surface area (TPSA) is 38.3 Å². The summed E-state index contributed by atoms with van der Waals surface area (Å²) in [4.78, 5) is 12.1. The van der Waals surface area contributed by atoms with Crippen molar-refractivity contribution in [2.24, 2.45) is 0 Å². The van der Waals surface area contributed by atoms with Crippen molar-refractivity contribution in [1.82, 2.24) is 0 Å². The van der Waals surface area contributed by atoms with Crippen LogP contribution in [0.4, 0.5) is 5.69 Å². The molecular weight excluding hydrogens is 358 g/mol. The Morgan fingerprint density at radius 3 is 2.30 bits per heavy atom. The first-order chi connectivity index (χ1) is 13.0. The highest BCUT2D eigenvalue weighted by Gasteiger charge is 2.08. The normalized spacial score (nSPS) is 10.7. The van der Waals surface area contributed by atoms with Gasteiger partial charge in [0.1, 0.15) is 5.75 Å². The van der Waals surface area contributed by atoms with Gasteiger partial charge in [-0.3, -0.25) is 4.79 Å². The molecule has 0 saturated heterocycles. The highest BCUT2D eigenvalue weighted by molar-refractivity contribution is 6.32. The summed E-state index contributed by atoms with van der Waals surface area (Å²) in [6, 6.07) is 23.3. The van der Waals surface area contributed by atoms with Gasteiger partial charge in [-0.2, -0.15) is 0 Å². The SMILES string of the molecule is CC(C)c1ccc(NC(=O)COc2ccc(-c3ccccc3)cc2Cl)cc1. The highest BCUT2D eigenvalue weighted by Crippen LogP contribution is 2.30. The van der Waals surface area contributed by atoms with E-state index in [4.69, 9.17) is 16.3 Å². The standard InChI is InChI=1S/C23H22ClNO2/c1-16(2)17-8-11-20(12-9-17)25-23(26)15-27-22-13-10-19(14-21(22)24)18-6-4-3-5-7-18/h3-14,16H,15H2,1-2H3,(H,25,26). The molecule has 27 heavy (non-hydrogen) atoms. The van der Waals surface area contributed by atoms with E-state index in [-0.39, 0.29) is 12.5 Å². The van der Waals surface area contributed by atoms with E-state index in [1.807, 2.05) is 66.7 Å². The minimum Gasteiger partial charge on any atom is -0.482 e. The Bertz CT molecular complexity index is 905. The molecule has 0 saturated carbocycles. The van der Waals surface area contributed by atoms with Crippen molar-refractivity contribution in [3.8, 4) is 16.9 Å². The van der Waals surface area contributed by atoms with Crippen LogP contribution >= 0.6 is 11.6 Å². The van der Waals surface area contributed by atoms with E-state index in [1.165, 1.54) is 5.56 Å². The van der Waals surface area contributed by atoms with E-state index in [0.717, 1.165) is 16.8 Å². The van der Waals surface area contributed by atoms with Crippen LogP contribution < -0.4 is 10.1 Å². The van der Waals surface area contributed by atoms with E-state index in [0.29, 0.717) is 16.7 Å². The molecule has 0 aliphatic rings. The second kappa shape index (κ2) is 8.74. The molecule has 0 bridgehead atoms. The van der Waals surface area contributed by atoms with Crippen LogP contribution in [-0.2, 0) is 4.79 Å². The monoisotopic (exact) mass is 379 g/mol. The zero-order valence-electron chi connectivity index (χ0n) is 15.4. The van der Waals surface area contributed by atoms with Gasteiger partial charge in [0.15, 0.2) is 6.61 Å². The summed E-state index contributed by atoms with van der Waals surface area (Å²) in [6.45, 7) is 4.17. The van der Waals surface area contributed by atoms with Crippen LogP contribution in [0.1, 0.15) is 25.3 Å². The minimum absolute atomic E-state index is 0.101. The average molecular weight is 380 g/mol. The van der Waals surface area contributed by atoms with E-state index in [2.05, 4.69) is 19.2 Å². The Balaban J connectivity index is 1.58. The van der Waals surface area contributed by atoms with E-state index < -0.39 is 0 Å². The summed E-state index contributed by atoms with van der Waals surface area (Å²) in [5.74, 6) is 0.719. The van der Waals surface area contributed by atoms with Gasteiger partial charge in [-0.1, -0.05) is 74.0 Å². The van der Waals surface area contributed by atoms with Crippen LogP contribution in [-0.4, -0.2) is 12.5 Å².